The molecule has 35 heavy (non-hydrogen) atoms. The molecule has 4 aromatic rings. The van der Waals surface area contributed by atoms with Crippen molar-refractivity contribution in [3.8, 4) is 17.1 Å². The summed E-state index contributed by atoms with van der Waals surface area (Å²) in [5.41, 5.74) is 6.24. The molecule has 7 nitrogen and oxygen atoms in total. The standard InChI is InChI=1S/C28H26N4O3/c1-17-13-14-21(15-18(17)2)25-24(27-30-26(31-35-27)20-9-6-5-7-10-20)19(3)32(28(33)29-25)22-11-8-12-23(16-22)34-4/h5-16,25H,1-4H3,(H,29,33). The van der Waals surface area contributed by atoms with E-state index in [0.29, 0.717) is 28.8 Å². The average Bonchev–Trinajstić information content (AvgIpc) is 3.36. The molecule has 0 aliphatic carbocycles. The van der Waals surface area contributed by atoms with E-state index in [2.05, 4.69) is 36.5 Å². The number of hydrogen-bond donors (Lipinski definition) is 1. The highest BCUT2D eigenvalue weighted by Gasteiger charge is 2.36. The first-order chi connectivity index (χ1) is 17.0. The van der Waals surface area contributed by atoms with Gasteiger partial charge in [-0.3, -0.25) is 4.90 Å². The third-order valence-corrected chi connectivity index (χ3v) is 6.35. The van der Waals surface area contributed by atoms with Gasteiger partial charge in [-0.2, -0.15) is 4.98 Å². The minimum Gasteiger partial charge on any atom is -0.497 e. The highest BCUT2D eigenvalue weighted by atomic mass is 16.5. The van der Waals surface area contributed by atoms with E-state index >= 15 is 0 Å². The summed E-state index contributed by atoms with van der Waals surface area (Å²) in [7, 11) is 1.60. The number of hydrogen-bond acceptors (Lipinski definition) is 5. The van der Waals surface area contributed by atoms with Gasteiger partial charge in [0.05, 0.1) is 24.4 Å². The molecular formula is C28H26N4O3. The lowest BCUT2D eigenvalue weighted by Gasteiger charge is -2.35. The number of carbonyl (C=O) groups is 1. The highest BCUT2D eigenvalue weighted by Crippen LogP contribution is 2.40. The van der Waals surface area contributed by atoms with E-state index in [1.807, 2.05) is 67.6 Å². The van der Waals surface area contributed by atoms with E-state index in [1.54, 1.807) is 12.0 Å². The minimum absolute atomic E-state index is 0.245. The number of amides is 2. The molecule has 2 heterocycles. The predicted molar refractivity (Wildman–Crippen MR) is 135 cm³/mol. The van der Waals surface area contributed by atoms with Gasteiger partial charge >= 0.3 is 6.03 Å². The molecule has 5 rings (SSSR count). The Morgan fingerprint density at radius 3 is 2.49 bits per heavy atom. The SMILES string of the molecule is COc1cccc(N2C(=O)NC(c3ccc(C)c(C)c3)C(c3nc(-c4ccccc4)no3)=C2C)c1. The average molecular weight is 467 g/mol. The topological polar surface area (TPSA) is 80.5 Å². The van der Waals surface area contributed by atoms with Crippen molar-refractivity contribution in [1.29, 1.82) is 0 Å². The normalized spacial score (nSPS) is 15.8. The molecular weight excluding hydrogens is 440 g/mol. The number of nitrogens with one attached hydrogen (secondary N) is 1. The summed E-state index contributed by atoms with van der Waals surface area (Å²) in [6.07, 6.45) is 0. The Morgan fingerprint density at radius 1 is 0.943 bits per heavy atom. The highest BCUT2D eigenvalue weighted by molar-refractivity contribution is 6.01. The monoisotopic (exact) mass is 466 g/mol. The van der Waals surface area contributed by atoms with Crippen LogP contribution in [0.4, 0.5) is 10.5 Å². The Morgan fingerprint density at radius 2 is 1.74 bits per heavy atom. The zero-order valence-electron chi connectivity index (χ0n) is 20.1. The maximum Gasteiger partial charge on any atom is 0.327 e. The number of carbonyl (C=O) groups excluding carboxylic acids is 1. The van der Waals surface area contributed by atoms with Crippen LogP contribution in [0.25, 0.3) is 17.0 Å². The van der Waals surface area contributed by atoms with Crippen molar-refractivity contribution in [3.05, 3.63) is 101 Å². The molecule has 176 valence electrons. The van der Waals surface area contributed by atoms with Gasteiger partial charge in [0.15, 0.2) is 0 Å². The maximum atomic E-state index is 13.4. The fourth-order valence-electron chi connectivity index (χ4n) is 4.31. The molecule has 0 radical (unpaired) electrons. The van der Waals surface area contributed by atoms with Crippen molar-refractivity contribution < 1.29 is 14.1 Å². The smallest absolute Gasteiger partial charge is 0.327 e. The summed E-state index contributed by atoms with van der Waals surface area (Å²) in [5, 5.41) is 7.38. The molecule has 1 aromatic heterocycles. The second kappa shape index (κ2) is 9.10. The quantitative estimate of drug-likeness (QED) is 0.386. The van der Waals surface area contributed by atoms with E-state index in [4.69, 9.17) is 14.2 Å². The number of benzene rings is 3. The summed E-state index contributed by atoms with van der Waals surface area (Å²) >= 11 is 0. The van der Waals surface area contributed by atoms with Crippen molar-refractivity contribution in [2.45, 2.75) is 26.8 Å². The van der Waals surface area contributed by atoms with Gasteiger partial charge in [-0.05, 0) is 49.6 Å². The summed E-state index contributed by atoms with van der Waals surface area (Å²) in [4.78, 5) is 19.7. The number of urea groups is 1. The van der Waals surface area contributed by atoms with Crippen molar-refractivity contribution in [2.75, 3.05) is 12.0 Å². The predicted octanol–water partition coefficient (Wildman–Crippen LogP) is 6.06. The van der Waals surface area contributed by atoms with Gasteiger partial charge in [-0.1, -0.05) is 59.8 Å². The lowest BCUT2D eigenvalue weighted by molar-refractivity contribution is 0.244. The first kappa shape index (κ1) is 22.4. The molecule has 1 aliphatic rings. The number of anilines is 1. The van der Waals surface area contributed by atoms with Crippen LogP contribution in [-0.2, 0) is 0 Å². The Hall–Kier alpha value is -4.39. The molecule has 0 bridgehead atoms. The lowest BCUT2D eigenvalue weighted by atomic mass is 9.92. The molecule has 1 N–H and O–H groups in total. The number of ether oxygens (including phenoxy) is 1. The summed E-state index contributed by atoms with van der Waals surface area (Å²) in [5.74, 6) is 1.51. The largest absolute Gasteiger partial charge is 0.497 e. The number of rotatable bonds is 5. The van der Waals surface area contributed by atoms with Crippen LogP contribution < -0.4 is 15.0 Å². The zero-order valence-corrected chi connectivity index (χ0v) is 20.1. The molecule has 0 saturated carbocycles. The third-order valence-electron chi connectivity index (χ3n) is 6.35. The molecule has 1 atom stereocenters. The van der Waals surface area contributed by atoms with Crippen molar-refractivity contribution in [3.63, 3.8) is 0 Å². The second-order valence-corrected chi connectivity index (χ2v) is 8.55. The van der Waals surface area contributed by atoms with Crippen LogP contribution in [0.3, 0.4) is 0 Å². The molecule has 1 aliphatic heterocycles. The molecule has 0 spiro atoms. The van der Waals surface area contributed by atoms with Crippen molar-refractivity contribution in [2.24, 2.45) is 0 Å². The Bertz CT molecular complexity index is 1430. The van der Waals surface area contributed by atoms with Gasteiger partial charge in [0, 0.05) is 17.3 Å². The number of nitrogens with zero attached hydrogens (tertiary/aromatic N) is 3. The Balaban J connectivity index is 1.67. The number of methoxy groups -OCH3 is 1. The van der Waals surface area contributed by atoms with Crippen LogP contribution in [0, 0.1) is 13.8 Å². The van der Waals surface area contributed by atoms with E-state index < -0.39 is 6.04 Å². The first-order valence-electron chi connectivity index (χ1n) is 11.4. The lowest BCUT2D eigenvalue weighted by Crippen LogP contribution is -2.46. The Kier molecular flexibility index (Phi) is 5.82. The molecule has 7 heteroatoms. The zero-order chi connectivity index (χ0) is 24.5. The summed E-state index contributed by atoms with van der Waals surface area (Å²) in [6, 6.07) is 22.5. The summed E-state index contributed by atoms with van der Waals surface area (Å²) < 4.78 is 11.2. The summed E-state index contributed by atoms with van der Waals surface area (Å²) in [6.45, 7) is 6.02. The van der Waals surface area contributed by atoms with Gasteiger partial charge in [-0.25, -0.2) is 4.79 Å². The fraction of sp³-hybridized carbons (Fsp3) is 0.179. The first-order valence-corrected chi connectivity index (χ1v) is 11.4. The van der Waals surface area contributed by atoms with E-state index in [0.717, 1.165) is 22.3 Å². The van der Waals surface area contributed by atoms with Gasteiger partial charge in [-0.15, -0.1) is 0 Å². The van der Waals surface area contributed by atoms with E-state index in [-0.39, 0.29) is 6.03 Å². The van der Waals surface area contributed by atoms with Gasteiger partial charge < -0.3 is 14.6 Å². The van der Waals surface area contributed by atoms with Crippen LogP contribution in [0.5, 0.6) is 5.75 Å². The third kappa shape index (κ3) is 4.17. The minimum atomic E-state index is -0.451. The van der Waals surface area contributed by atoms with Crippen molar-refractivity contribution >= 4 is 17.3 Å². The maximum absolute atomic E-state index is 13.4. The molecule has 0 fully saturated rings. The van der Waals surface area contributed by atoms with Crippen LogP contribution in [0.15, 0.2) is 83.0 Å². The van der Waals surface area contributed by atoms with Crippen molar-refractivity contribution in [1.82, 2.24) is 15.5 Å². The molecule has 0 saturated heterocycles. The molecule has 1 unspecified atom stereocenters. The van der Waals surface area contributed by atoms with Crippen LogP contribution in [-0.4, -0.2) is 23.3 Å². The van der Waals surface area contributed by atoms with Crippen LogP contribution >= 0.6 is 0 Å². The molecule has 2 amide bonds. The van der Waals surface area contributed by atoms with E-state index in [1.165, 1.54) is 5.56 Å². The van der Waals surface area contributed by atoms with Gasteiger partial charge in [0.1, 0.15) is 5.75 Å². The van der Waals surface area contributed by atoms with Crippen LogP contribution in [0.1, 0.15) is 35.5 Å². The second-order valence-electron chi connectivity index (χ2n) is 8.55. The Labute approximate surface area is 204 Å². The van der Waals surface area contributed by atoms with Gasteiger partial charge in [0.25, 0.3) is 5.89 Å². The van der Waals surface area contributed by atoms with Crippen LogP contribution in [0.2, 0.25) is 0 Å². The van der Waals surface area contributed by atoms with E-state index in [9.17, 15) is 4.79 Å². The number of aromatic nitrogens is 2. The number of allylic oxidation sites excluding steroid dienone is 1. The molecule has 3 aromatic carbocycles. The number of aryl methyl sites for hydroxylation is 2. The van der Waals surface area contributed by atoms with Gasteiger partial charge in [0.2, 0.25) is 5.82 Å². The fourth-order valence-corrected chi connectivity index (χ4v) is 4.31.